The maximum atomic E-state index is 13.0. The molecule has 5 nitrogen and oxygen atoms in total. The van der Waals surface area contributed by atoms with Crippen LogP contribution < -0.4 is 0 Å². The zero-order chi connectivity index (χ0) is 16.5. The summed E-state index contributed by atoms with van der Waals surface area (Å²) in [5, 5.41) is 0.773. The SMILES string of the molecule is CCN1CCC[C@H]1[C@@H]1CCCN1C(=O)c1cnc(-c2ccco2)s1. The summed E-state index contributed by atoms with van der Waals surface area (Å²) in [6.45, 7) is 5.33. The first-order chi connectivity index (χ1) is 11.8. The maximum absolute atomic E-state index is 13.0. The van der Waals surface area contributed by atoms with Gasteiger partial charge in [-0.05, 0) is 50.9 Å². The van der Waals surface area contributed by atoms with Crippen LogP contribution in [0, 0.1) is 0 Å². The molecule has 2 aromatic rings. The van der Waals surface area contributed by atoms with Crippen LogP contribution in [0.3, 0.4) is 0 Å². The number of hydrogen-bond donors (Lipinski definition) is 0. The van der Waals surface area contributed by atoms with Crippen LogP contribution >= 0.6 is 11.3 Å². The van der Waals surface area contributed by atoms with Crippen LogP contribution in [-0.2, 0) is 0 Å². The number of thiazole rings is 1. The summed E-state index contributed by atoms with van der Waals surface area (Å²) in [5.74, 6) is 0.862. The van der Waals surface area contributed by atoms with E-state index in [1.165, 1.54) is 30.7 Å². The van der Waals surface area contributed by atoms with E-state index in [9.17, 15) is 4.79 Å². The Morgan fingerprint density at radius 3 is 2.96 bits per heavy atom. The molecule has 0 bridgehead atoms. The average molecular weight is 345 g/mol. The molecule has 0 unspecified atom stereocenters. The summed E-state index contributed by atoms with van der Waals surface area (Å²) < 4.78 is 5.39. The van der Waals surface area contributed by atoms with E-state index in [1.807, 2.05) is 12.1 Å². The molecule has 0 spiro atoms. The van der Waals surface area contributed by atoms with E-state index in [1.54, 1.807) is 12.5 Å². The molecule has 0 radical (unpaired) electrons. The number of aromatic nitrogens is 1. The summed E-state index contributed by atoms with van der Waals surface area (Å²) in [7, 11) is 0. The highest BCUT2D eigenvalue weighted by molar-refractivity contribution is 7.16. The van der Waals surface area contributed by atoms with Gasteiger partial charge in [0.1, 0.15) is 4.88 Å². The molecule has 128 valence electrons. The molecule has 0 N–H and O–H groups in total. The molecule has 2 saturated heterocycles. The van der Waals surface area contributed by atoms with Crippen LogP contribution in [0.15, 0.2) is 29.0 Å². The fraction of sp³-hybridized carbons (Fsp3) is 0.556. The van der Waals surface area contributed by atoms with Crippen LogP contribution in [0.5, 0.6) is 0 Å². The van der Waals surface area contributed by atoms with Gasteiger partial charge in [0.15, 0.2) is 10.8 Å². The molecule has 6 heteroatoms. The third kappa shape index (κ3) is 2.78. The number of carbonyl (C=O) groups is 1. The van der Waals surface area contributed by atoms with Crippen molar-refractivity contribution in [3.8, 4) is 10.8 Å². The summed E-state index contributed by atoms with van der Waals surface area (Å²) in [6.07, 6.45) is 8.02. The van der Waals surface area contributed by atoms with Gasteiger partial charge in [0.2, 0.25) is 0 Å². The van der Waals surface area contributed by atoms with Crippen molar-refractivity contribution < 1.29 is 9.21 Å². The highest BCUT2D eigenvalue weighted by atomic mass is 32.1. The topological polar surface area (TPSA) is 49.6 Å². The van der Waals surface area contributed by atoms with Crippen molar-refractivity contribution in [2.75, 3.05) is 19.6 Å². The largest absolute Gasteiger partial charge is 0.462 e. The molecule has 2 aliphatic heterocycles. The number of furan rings is 1. The third-order valence-electron chi connectivity index (χ3n) is 5.27. The van der Waals surface area contributed by atoms with Crippen molar-refractivity contribution in [3.63, 3.8) is 0 Å². The second-order valence-electron chi connectivity index (χ2n) is 6.55. The van der Waals surface area contributed by atoms with E-state index in [0.717, 1.165) is 36.7 Å². The van der Waals surface area contributed by atoms with E-state index >= 15 is 0 Å². The Morgan fingerprint density at radius 2 is 2.17 bits per heavy atom. The van der Waals surface area contributed by atoms with Gasteiger partial charge < -0.3 is 9.32 Å². The molecule has 0 saturated carbocycles. The predicted octanol–water partition coefficient (Wildman–Crippen LogP) is 3.49. The molecule has 0 aromatic carbocycles. The monoisotopic (exact) mass is 345 g/mol. The number of nitrogens with zero attached hydrogens (tertiary/aromatic N) is 3. The van der Waals surface area contributed by atoms with Gasteiger partial charge in [-0.25, -0.2) is 4.98 Å². The number of carbonyl (C=O) groups excluding carboxylic acids is 1. The predicted molar refractivity (Wildman–Crippen MR) is 94.1 cm³/mol. The van der Waals surface area contributed by atoms with Gasteiger partial charge in [-0.15, -0.1) is 11.3 Å². The molecule has 2 aliphatic rings. The fourth-order valence-corrected chi connectivity index (χ4v) is 4.99. The summed E-state index contributed by atoms with van der Waals surface area (Å²) in [4.78, 5) is 22.8. The Kier molecular flexibility index (Phi) is 4.41. The minimum Gasteiger partial charge on any atom is -0.462 e. The Morgan fingerprint density at radius 1 is 1.33 bits per heavy atom. The van der Waals surface area contributed by atoms with Gasteiger partial charge in [0.05, 0.1) is 12.5 Å². The minimum atomic E-state index is 0.135. The molecule has 4 heterocycles. The van der Waals surface area contributed by atoms with Crippen LogP contribution in [0.2, 0.25) is 0 Å². The van der Waals surface area contributed by atoms with Crippen molar-refractivity contribution in [2.24, 2.45) is 0 Å². The molecule has 2 fully saturated rings. The van der Waals surface area contributed by atoms with Gasteiger partial charge in [-0.3, -0.25) is 9.69 Å². The summed E-state index contributed by atoms with van der Waals surface area (Å²) in [6, 6.07) is 4.60. The molecular weight excluding hydrogens is 322 g/mol. The lowest BCUT2D eigenvalue weighted by molar-refractivity contribution is 0.0654. The first-order valence-corrected chi connectivity index (χ1v) is 9.64. The Hall–Kier alpha value is -1.66. The molecule has 4 rings (SSSR count). The quantitative estimate of drug-likeness (QED) is 0.851. The second-order valence-corrected chi connectivity index (χ2v) is 7.58. The van der Waals surface area contributed by atoms with Gasteiger partial charge in [0, 0.05) is 18.6 Å². The van der Waals surface area contributed by atoms with Crippen LogP contribution in [0.1, 0.15) is 42.3 Å². The van der Waals surface area contributed by atoms with E-state index < -0.39 is 0 Å². The molecule has 2 atom stereocenters. The Labute approximate surface area is 146 Å². The number of rotatable bonds is 4. The number of likely N-dealkylation sites (N-methyl/N-ethyl adjacent to an activating group) is 1. The third-order valence-corrected chi connectivity index (χ3v) is 6.27. The lowest BCUT2D eigenvalue weighted by Crippen LogP contribution is -2.48. The van der Waals surface area contributed by atoms with E-state index in [4.69, 9.17) is 4.42 Å². The normalized spacial score (nSPS) is 24.8. The minimum absolute atomic E-state index is 0.135. The zero-order valence-corrected chi connectivity index (χ0v) is 14.8. The Balaban J connectivity index is 1.53. The van der Waals surface area contributed by atoms with Crippen molar-refractivity contribution in [1.29, 1.82) is 0 Å². The van der Waals surface area contributed by atoms with Crippen molar-refractivity contribution in [3.05, 3.63) is 29.5 Å². The van der Waals surface area contributed by atoms with Crippen molar-refractivity contribution >= 4 is 17.2 Å². The van der Waals surface area contributed by atoms with E-state index in [0.29, 0.717) is 17.0 Å². The summed E-state index contributed by atoms with van der Waals surface area (Å²) >= 11 is 1.43. The van der Waals surface area contributed by atoms with Crippen molar-refractivity contribution in [1.82, 2.24) is 14.8 Å². The van der Waals surface area contributed by atoms with Gasteiger partial charge in [-0.2, -0.15) is 0 Å². The standard InChI is InChI=1S/C18H23N3O2S/c1-2-20-9-3-6-13(20)14-7-4-10-21(14)18(22)16-12-19-17(24-16)15-8-5-11-23-15/h5,8,11-14H,2-4,6-7,9-10H2,1H3/t13-,14-/m0/s1. The molecule has 24 heavy (non-hydrogen) atoms. The highest BCUT2D eigenvalue weighted by Crippen LogP contribution is 2.33. The number of hydrogen-bond acceptors (Lipinski definition) is 5. The fourth-order valence-electron chi connectivity index (χ4n) is 4.15. The lowest BCUT2D eigenvalue weighted by Gasteiger charge is -2.34. The van der Waals surface area contributed by atoms with Gasteiger partial charge in [0.25, 0.3) is 5.91 Å². The number of amides is 1. The van der Waals surface area contributed by atoms with Gasteiger partial charge >= 0.3 is 0 Å². The van der Waals surface area contributed by atoms with Crippen LogP contribution in [0.4, 0.5) is 0 Å². The lowest BCUT2D eigenvalue weighted by atomic mass is 10.0. The smallest absolute Gasteiger partial charge is 0.265 e. The van der Waals surface area contributed by atoms with Gasteiger partial charge in [-0.1, -0.05) is 6.92 Å². The zero-order valence-electron chi connectivity index (χ0n) is 14.0. The molecule has 1 amide bonds. The highest BCUT2D eigenvalue weighted by Gasteiger charge is 2.39. The average Bonchev–Trinajstić information content (AvgIpc) is 3.41. The first-order valence-electron chi connectivity index (χ1n) is 8.82. The van der Waals surface area contributed by atoms with Crippen LogP contribution in [-0.4, -0.2) is 52.4 Å². The second kappa shape index (κ2) is 6.69. The molecular formula is C18H23N3O2S. The van der Waals surface area contributed by atoms with E-state index in [-0.39, 0.29) is 5.91 Å². The van der Waals surface area contributed by atoms with Crippen LogP contribution in [0.25, 0.3) is 10.8 Å². The molecule has 0 aliphatic carbocycles. The molecule has 2 aromatic heterocycles. The van der Waals surface area contributed by atoms with Crippen molar-refractivity contribution in [2.45, 2.75) is 44.7 Å². The maximum Gasteiger partial charge on any atom is 0.265 e. The first kappa shape index (κ1) is 15.8. The Bertz CT molecular complexity index is 697. The summed E-state index contributed by atoms with van der Waals surface area (Å²) in [5.41, 5.74) is 0. The van der Waals surface area contributed by atoms with E-state index in [2.05, 4.69) is 21.7 Å². The number of likely N-dealkylation sites (tertiary alicyclic amines) is 2.